The van der Waals surface area contributed by atoms with Gasteiger partial charge in [0.2, 0.25) is 11.8 Å². The Morgan fingerprint density at radius 3 is 2.63 bits per heavy atom. The number of ether oxygens (including phenoxy) is 1. The van der Waals surface area contributed by atoms with E-state index in [9.17, 15) is 19.5 Å². The third kappa shape index (κ3) is 3.88. The second kappa shape index (κ2) is 7.76. The second-order valence-corrected chi connectivity index (χ2v) is 7.60. The quantitative estimate of drug-likeness (QED) is 0.800. The van der Waals surface area contributed by atoms with Gasteiger partial charge in [0.05, 0.1) is 18.7 Å². The maximum absolute atomic E-state index is 12.8. The topological polar surface area (TPSA) is 95.9 Å². The van der Waals surface area contributed by atoms with Crippen LogP contribution in [0.3, 0.4) is 0 Å². The largest absolute Gasteiger partial charge is 0.495 e. The molecule has 1 saturated carbocycles. The number of hydrogen-bond donors (Lipinski definition) is 2. The summed E-state index contributed by atoms with van der Waals surface area (Å²) in [4.78, 5) is 38.5. The molecule has 1 aromatic rings. The number of carbonyl (C=O) groups is 3. The van der Waals surface area contributed by atoms with Crippen LogP contribution in [-0.2, 0) is 14.4 Å². The highest BCUT2D eigenvalue weighted by molar-refractivity contribution is 6.31. The van der Waals surface area contributed by atoms with Crippen LogP contribution in [0.1, 0.15) is 38.5 Å². The van der Waals surface area contributed by atoms with Gasteiger partial charge in [0.25, 0.3) is 0 Å². The van der Waals surface area contributed by atoms with E-state index in [0.717, 1.165) is 19.3 Å². The Kier molecular flexibility index (Phi) is 5.60. The summed E-state index contributed by atoms with van der Waals surface area (Å²) < 4.78 is 5.29. The first-order valence-electron chi connectivity index (χ1n) is 9.05. The van der Waals surface area contributed by atoms with Crippen molar-refractivity contribution in [1.29, 1.82) is 0 Å². The number of carboxylic acids is 1. The fourth-order valence-electron chi connectivity index (χ4n) is 3.88. The molecule has 0 spiro atoms. The van der Waals surface area contributed by atoms with Crippen LogP contribution in [0.25, 0.3) is 0 Å². The second-order valence-electron chi connectivity index (χ2n) is 7.16. The van der Waals surface area contributed by atoms with Gasteiger partial charge in [-0.25, -0.2) is 4.79 Å². The molecule has 1 atom stereocenters. The van der Waals surface area contributed by atoms with Crippen LogP contribution in [0.5, 0.6) is 5.75 Å². The number of methoxy groups -OCH3 is 1. The fourth-order valence-corrected chi connectivity index (χ4v) is 4.04. The van der Waals surface area contributed by atoms with Crippen molar-refractivity contribution in [3.63, 3.8) is 0 Å². The molecule has 3 rings (SSSR count). The third-order valence-corrected chi connectivity index (χ3v) is 5.64. The number of carboxylic acid groups (broad SMARTS) is 1. The van der Waals surface area contributed by atoms with Crippen LogP contribution < -0.4 is 15.0 Å². The molecule has 2 N–H and O–H groups in total. The van der Waals surface area contributed by atoms with E-state index in [1.165, 1.54) is 12.0 Å². The molecule has 1 saturated heterocycles. The lowest BCUT2D eigenvalue weighted by molar-refractivity contribution is -0.149. The lowest BCUT2D eigenvalue weighted by Gasteiger charge is -2.34. The Labute approximate surface area is 162 Å². The summed E-state index contributed by atoms with van der Waals surface area (Å²) in [6, 6.07) is 4.95. The fraction of sp³-hybridized carbons (Fsp3) is 0.526. The zero-order valence-corrected chi connectivity index (χ0v) is 15.9. The number of halogens is 1. The van der Waals surface area contributed by atoms with Crippen molar-refractivity contribution in [3.8, 4) is 5.75 Å². The summed E-state index contributed by atoms with van der Waals surface area (Å²) in [5, 5.41) is 12.8. The van der Waals surface area contributed by atoms with Gasteiger partial charge in [-0.1, -0.05) is 30.9 Å². The number of aliphatic carboxylic acids is 1. The Morgan fingerprint density at radius 2 is 2.00 bits per heavy atom. The first-order valence-corrected chi connectivity index (χ1v) is 9.43. The zero-order valence-electron chi connectivity index (χ0n) is 15.2. The number of carbonyl (C=O) groups excluding carboxylic acids is 2. The van der Waals surface area contributed by atoms with Crippen molar-refractivity contribution in [3.05, 3.63) is 23.2 Å². The molecule has 27 heavy (non-hydrogen) atoms. The standard InChI is InChI=1S/C19H23ClN2O5/c1-27-15-6-5-13(20)10-14(15)22-11-12(9-16(22)23)17(24)21-19(18(25)26)7-3-2-4-8-19/h5-6,10,12H,2-4,7-9,11H2,1H3,(H,21,24)(H,25,26). The van der Waals surface area contributed by atoms with Crippen molar-refractivity contribution in [2.45, 2.75) is 44.1 Å². The Balaban J connectivity index is 1.76. The van der Waals surface area contributed by atoms with Crippen molar-refractivity contribution in [1.82, 2.24) is 5.32 Å². The highest BCUT2D eigenvalue weighted by atomic mass is 35.5. The van der Waals surface area contributed by atoms with Gasteiger partial charge in [0.15, 0.2) is 0 Å². The molecule has 0 aromatic heterocycles. The molecular weight excluding hydrogens is 372 g/mol. The van der Waals surface area contributed by atoms with E-state index in [0.29, 0.717) is 29.3 Å². The van der Waals surface area contributed by atoms with Crippen LogP contribution in [0, 0.1) is 5.92 Å². The van der Waals surface area contributed by atoms with Crippen molar-refractivity contribution in [2.24, 2.45) is 5.92 Å². The van der Waals surface area contributed by atoms with E-state index in [1.54, 1.807) is 18.2 Å². The zero-order chi connectivity index (χ0) is 19.6. The molecule has 0 radical (unpaired) electrons. The molecular formula is C19H23ClN2O5. The number of nitrogens with zero attached hydrogens (tertiary/aromatic N) is 1. The highest BCUT2D eigenvalue weighted by Crippen LogP contribution is 2.36. The molecule has 8 heteroatoms. The predicted octanol–water partition coefficient (Wildman–Crippen LogP) is 2.61. The minimum Gasteiger partial charge on any atom is -0.495 e. The molecule has 1 unspecified atom stereocenters. The molecule has 1 aliphatic heterocycles. The third-order valence-electron chi connectivity index (χ3n) is 5.41. The molecule has 146 valence electrons. The summed E-state index contributed by atoms with van der Waals surface area (Å²) >= 11 is 6.04. The molecule has 7 nitrogen and oxygen atoms in total. The number of nitrogens with one attached hydrogen (secondary N) is 1. The van der Waals surface area contributed by atoms with Crippen LogP contribution in [0.4, 0.5) is 5.69 Å². The molecule has 0 bridgehead atoms. The average Bonchev–Trinajstić information content (AvgIpc) is 3.04. The van der Waals surface area contributed by atoms with Crippen LogP contribution in [0.2, 0.25) is 5.02 Å². The smallest absolute Gasteiger partial charge is 0.329 e. The Bertz CT molecular complexity index is 760. The van der Waals surface area contributed by atoms with E-state index in [4.69, 9.17) is 16.3 Å². The number of hydrogen-bond acceptors (Lipinski definition) is 4. The summed E-state index contributed by atoms with van der Waals surface area (Å²) in [5.74, 6) is -1.74. The van der Waals surface area contributed by atoms with Gasteiger partial charge < -0.3 is 20.1 Å². The predicted molar refractivity (Wildman–Crippen MR) is 100 cm³/mol. The average molecular weight is 395 g/mol. The molecule has 1 aliphatic carbocycles. The molecule has 1 aromatic carbocycles. The van der Waals surface area contributed by atoms with Crippen molar-refractivity contribution < 1.29 is 24.2 Å². The summed E-state index contributed by atoms with van der Waals surface area (Å²) in [5.41, 5.74) is -0.713. The summed E-state index contributed by atoms with van der Waals surface area (Å²) in [6.07, 6.45) is 3.36. The number of benzene rings is 1. The van der Waals surface area contributed by atoms with Gasteiger partial charge in [-0.3, -0.25) is 9.59 Å². The molecule has 2 aliphatic rings. The van der Waals surface area contributed by atoms with Crippen LogP contribution in [-0.4, -0.2) is 42.1 Å². The monoisotopic (exact) mass is 394 g/mol. The number of anilines is 1. The lowest BCUT2D eigenvalue weighted by Crippen LogP contribution is -2.57. The van der Waals surface area contributed by atoms with Crippen LogP contribution >= 0.6 is 11.6 Å². The first kappa shape index (κ1) is 19.5. The van der Waals surface area contributed by atoms with Gasteiger partial charge in [-0.2, -0.15) is 0 Å². The Hall–Kier alpha value is -2.28. The number of amides is 2. The number of rotatable bonds is 5. The van der Waals surface area contributed by atoms with Gasteiger partial charge >= 0.3 is 5.97 Å². The van der Waals surface area contributed by atoms with E-state index in [2.05, 4.69) is 5.32 Å². The Morgan fingerprint density at radius 1 is 1.30 bits per heavy atom. The summed E-state index contributed by atoms with van der Waals surface area (Å²) in [7, 11) is 1.50. The van der Waals surface area contributed by atoms with E-state index in [1.807, 2.05) is 0 Å². The lowest BCUT2D eigenvalue weighted by atomic mass is 9.81. The van der Waals surface area contributed by atoms with Crippen molar-refractivity contribution >= 4 is 35.1 Å². The first-order chi connectivity index (χ1) is 12.9. The van der Waals surface area contributed by atoms with E-state index >= 15 is 0 Å². The van der Waals surface area contributed by atoms with E-state index in [-0.39, 0.29) is 18.9 Å². The SMILES string of the molecule is COc1ccc(Cl)cc1N1CC(C(=O)NC2(C(=O)O)CCCCC2)CC1=O. The van der Waals surface area contributed by atoms with E-state index < -0.39 is 23.3 Å². The minimum atomic E-state index is -1.22. The maximum atomic E-state index is 12.8. The van der Waals surface area contributed by atoms with Gasteiger partial charge in [0, 0.05) is 18.0 Å². The highest BCUT2D eigenvalue weighted by Gasteiger charge is 2.44. The van der Waals surface area contributed by atoms with Gasteiger partial charge in [0.1, 0.15) is 11.3 Å². The molecule has 1 heterocycles. The van der Waals surface area contributed by atoms with Gasteiger partial charge in [-0.05, 0) is 31.0 Å². The van der Waals surface area contributed by atoms with Gasteiger partial charge in [-0.15, -0.1) is 0 Å². The maximum Gasteiger partial charge on any atom is 0.329 e. The van der Waals surface area contributed by atoms with Crippen LogP contribution in [0.15, 0.2) is 18.2 Å². The van der Waals surface area contributed by atoms with Crippen molar-refractivity contribution in [2.75, 3.05) is 18.6 Å². The minimum absolute atomic E-state index is 0.0250. The summed E-state index contributed by atoms with van der Waals surface area (Å²) in [6.45, 7) is 0.164. The molecule has 2 fully saturated rings. The molecule has 2 amide bonds. The normalized spacial score (nSPS) is 21.8.